The van der Waals surface area contributed by atoms with Gasteiger partial charge in [0.15, 0.2) is 0 Å². The summed E-state index contributed by atoms with van der Waals surface area (Å²) in [5.74, 6) is 0. The first-order valence-electron chi connectivity index (χ1n) is 6.90. The number of aryl methyl sites for hydroxylation is 2. The van der Waals surface area contributed by atoms with Gasteiger partial charge in [0.1, 0.15) is 0 Å². The maximum atomic E-state index is 2.36. The van der Waals surface area contributed by atoms with Gasteiger partial charge in [0.05, 0.1) is 0 Å². The average Bonchev–Trinajstić information content (AvgIpc) is 2.80. The van der Waals surface area contributed by atoms with E-state index in [0.717, 1.165) is 13.0 Å². The van der Waals surface area contributed by atoms with E-state index in [2.05, 4.69) is 73.1 Å². The van der Waals surface area contributed by atoms with Gasteiger partial charge in [0.25, 0.3) is 0 Å². The summed E-state index contributed by atoms with van der Waals surface area (Å²) >= 11 is 0. The van der Waals surface area contributed by atoms with E-state index in [-0.39, 0.29) is 0 Å². The molecule has 0 saturated carbocycles. The van der Waals surface area contributed by atoms with Crippen LogP contribution in [0.25, 0.3) is 10.9 Å². The van der Waals surface area contributed by atoms with Gasteiger partial charge in [0.2, 0.25) is 0 Å². The van der Waals surface area contributed by atoms with E-state index in [4.69, 9.17) is 0 Å². The van der Waals surface area contributed by atoms with Crippen LogP contribution < -0.4 is 0 Å². The zero-order chi connectivity index (χ0) is 13.2. The summed E-state index contributed by atoms with van der Waals surface area (Å²) in [5.41, 5.74) is 5.44. The molecule has 0 aliphatic heterocycles. The third-order valence-electron chi connectivity index (χ3n) is 3.73. The molecule has 2 aromatic carbocycles. The summed E-state index contributed by atoms with van der Waals surface area (Å²) in [7, 11) is 0. The lowest BCUT2D eigenvalue weighted by Crippen LogP contribution is -1.97. The highest BCUT2D eigenvalue weighted by molar-refractivity contribution is 5.84. The number of para-hydroxylation sites is 1. The van der Waals surface area contributed by atoms with Crippen molar-refractivity contribution in [3.63, 3.8) is 0 Å². The van der Waals surface area contributed by atoms with Crippen LogP contribution in [-0.2, 0) is 13.0 Å². The van der Waals surface area contributed by atoms with Gasteiger partial charge < -0.3 is 4.57 Å². The minimum atomic E-state index is 0.945. The van der Waals surface area contributed by atoms with Crippen LogP contribution in [0.5, 0.6) is 0 Å². The van der Waals surface area contributed by atoms with Crippen molar-refractivity contribution in [1.29, 1.82) is 0 Å². The van der Waals surface area contributed by atoms with Gasteiger partial charge in [-0.1, -0.05) is 55.0 Å². The number of hydrogen-bond acceptors (Lipinski definition) is 0. The van der Waals surface area contributed by atoms with Crippen LogP contribution in [0.2, 0.25) is 0 Å². The number of hydrogen-bond donors (Lipinski definition) is 0. The first-order chi connectivity index (χ1) is 9.28. The number of fused-ring (bicyclic) bond motifs is 1. The Labute approximate surface area is 114 Å². The Morgan fingerprint density at radius 3 is 2.42 bits per heavy atom. The largest absolute Gasteiger partial charge is 0.343 e. The van der Waals surface area contributed by atoms with Crippen molar-refractivity contribution in [2.24, 2.45) is 0 Å². The van der Waals surface area contributed by atoms with Gasteiger partial charge >= 0.3 is 0 Å². The van der Waals surface area contributed by atoms with Gasteiger partial charge in [-0.05, 0) is 30.5 Å². The van der Waals surface area contributed by atoms with Crippen molar-refractivity contribution >= 4 is 10.9 Å². The molecule has 1 heteroatoms. The SMILES string of the molecule is CCc1cn(Cc2ccc(C)cc2)c2ccccc12. The third kappa shape index (κ3) is 2.28. The molecule has 0 spiro atoms. The van der Waals surface area contributed by atoms with Crippen LogP contribution in [-0.4, -0.2) is 4.57 Å². The van der Waals surface area contributed by atoms with E-state index in [0.29, 0.717) is 0 Å². The van der Waals surface area contributed by atoms with E-state index in [1.165, 1.54) is 27.6 Å². The number of benzene rings is 2. The van der Waals surface area contributed by atoms with E-state index in [9.17, 15) is 0 Å². The zero-order valence-corrected chi connectivity index (χ0v) is 11.6. The van der Waals surface area contributed by atoms with Gasteiger partial charge in [-0.25, -0.2) is 0 Å². The summed E-state index contributed by atoms with van der Waals surface area (Å²) in [6.07, 6.45) is 3.38. The highest BCUT2D eigenvalue weighted by Gasteiger charge is 2.06. The molecule has 0 saturated heterocycles. The summed E-state index contributed by atoms with van der Waals surface area (Å²) in [4.78, 5) is 0. The fourth-order valence-electron chi connectivity index (χ4n) is 2.63. The normalized spacial score (nSPS) is 11.1. The zero-order valence-electron chi connectivity index (χ0n) is 11.6. The summed E-state index contributed by atoms with van der Waals surface area (Å²) in [5, 5.41) is 1.39. The first-order valence-corrected chi connectivity index (χ1v) is 6.90. The fourth-order valence-corrected chi connectivity index (χ4v) is 2.63. The maximum absolute atomic E-state index is 2.36. The summed E-state index contributed by atoms with van der Waals surface area (Å²) in [6, 6.07) is 17.5. The van der Waals surface area contributed by atoms with Gasteiger partial charge in [-0.2, -0.15) is 0 Å². The number of nitrogens with zero attached hydrogens (tertiary/aromatic N) is 1. The smallest absolute Gasteiger partial charge is 0.0486 e. The number of aromatic nitrogens is 1. The lowest BCUT2D eigenvalue weighted by Gasteiger charge is -2.06. The lowest BCUT2D eigenvalue weighted by atomic mass is 10.1. The maximum Gasteiger partial charge on any atom is 0.0486 e. The molecule has 0 fully saturated rings. The van der Waals surface area contributed by atoms with Gasteiger partial charge in [-0.15, -0.1) is 0 Å². The molecular weight excluding hydrogens is 230 g/mol. The molecule has 0 radical (unpaired) electrons. The molecule has 19 heavy (non-hydrogen) atoms. The van der Waals surface area contributed by atoms with E-state index < -0.39 is 0 Å². The Morgan fingerprint density at radius 1 is 0.947 bits per heavy atom. The topological polar surface area (TPSA) is 4.93 Å². The highest BCUT2D eigenvalue weighted by atomic mass is 15.0. The molecule has 1 heterocycles. The summed E-state index contributed by atoms with van der Waals surface area (Å²) < 4.78 is 2.36. The quantitative estimate of drug-likeness (QED) is 0.641. The van der Waals surface area contributed by atoms with Crippen LogP contribution in [0, 0.1) is 6.92 Å². The molecule has 3 rings (SSSR count). The van der Waals surface area contributed by atoms with E-state index in [1.807, 2.05) is 0 Å². The highest BCUT2D eigenvalue weighted by Crippen LogP contribution is 2.22. The van der Waals surface area contributed by atoms with Crippen LogP contribution >= 0.6 is 0 Å². The molecule has 0 amide bonds. The molecule has 96 valence electrons. The van der Waals surface area contributed by atoms with Gasteiger partial charge in [-0.3, -0.25) is 0 Å². The Balaban J connectivity index is 2.03. The van der Waals surface area contributed by atoms with Crippen molar-refractivity contribution in [1.82, 2.24) is 4.57 Å². The standard InChI is InChI=1S/C18H19N/c1-3-16-13-19(18-7-5-4-6-17(16)18)12-15-10-8-14(2)9-11-15/h4-11,13H,3,12H2,1-2H3. The fraction of sp³-hybridized carbons (Fsp3) is 0.222. The predicted octanol–water partition coefficient (Wildman–Crippen LogP) is 4.56. The Bertz CT molecular complexity index is 689. The molecule has 1 nitrogen and oxygen atoms in total. The second-order valence-electron chi connectivity index (χ2n) is 5.14. The molecule has 0 bridgehead atoms. The first kappa shape index (κ1) is 12.0. The average molecular weight is 249 g/mol. The molecule has 0 aliphatic carbocycles. The molecule has 3 aromatic rings. The van der Waals surface area contributed by atoms with Crippen LogP contribution in [0.3, 0.4) is 0 Å². The molecule has 0 N–H and O–H groups in total. The lowest BCUT2D eigenvalue weighted by molar-refractivity contribution is 0.830. The van der Waals surface area contributed by atoms with Crippen LogP contribution in [0.1, 0.15) is 23.6 Å². The third-order valence-corrected chi connectivity index (χ3v) is 3.73. The van der Waals surface area contributed by atoms with Crippen LogP contribution in [0.4, 0.5) is 0 Å². The van der Waals surface area contributed by atoms with Crippen molar-refractivity contribution in [2.75, 3.05) is 0 Å². The molecule has 0 aliphatic rings. The molecule has 0 atom stereocenters. The minimum Gasteiger partial charge on any atom is -0.343 e. The Morgan fingerprint density at radius 2 is 1.68 bits per heavy atom. The second kappa shape index (κ2) is 4.93. The summed E-state index contributed by atoms with van der Waals surface area (Å²) in [6.45, 7) is 5.29. The van der Waals surface area contributed by atoms with E-state index in [1.54, 1.807) is 0 Å². The van der Waals surface area contributed by atoms with Crippen molar-refractivity contribution < 1.29 is 0 Å². The Kier molecular flexibility index (Phi) is 3.12. The van der Waals surface area contributed by atoms with Crippen molar-refractivity contribution in [3.8, 4) is 0 Å². The number of rotatable bonds is 3. The molecule has 0 unspecified atom stereocenters. The van der Waals surface area contributed by atoms with Crippen molar-refractivity contribution in [3.05, 3.63) is 71.4 Å². The Hall–Kier alpha value is -2.02. The monoisotopic (exact) mass is 249 g/mol. The second-order valence-corrected chi connectivity index (χ2v) is 5.14. The predicted molar refractivity (Wildman–Crippen MR) is 81.6 cm³/mol. The van der Waals surface area contributed by atoms with Crippen molar-refractivity contribution in [2.45, 2.75) is 26.8 Å². The van der Waals surface area contributed by atoms with E-state index >= 15 is 0 Å². The minimum absolute atomic E-state index is 0.945. The van der Waals surface area contributed by atoms with Crippen LogP contribution in [0.15, 0.2) is 54.7 Å². The molecular formula is C18H19N. The van der Waals surface area contributed by atoms with Gasteiger partial charge in [0, 0.05) is 23.6 Å². The molecule has 1 aromatic heterocycles.